The number of rotatable bonds is 3. The molecule has 1 aliphatic heterocycles. The molecule has 0 saturated carbocycles. The second-order valence-electron chi connectivity index (χ2n) is 4.80. The monoisotopic (exact) mass is 356 g/mol. The Hall–Kier alpha value is -0.440. The zero-order valence-electron chi connectivity index (χ0n) is 11.2. The third-order valence-electron chi connectivity index (χ3n) is 3.26. The van der Waals surface area contributed by atoms with Gasteiger partial charge in [0.25, 0.3) is 0 Å². The minimum atomic E-state index is -3.93. The molecule has 1 aromatic carbocycles. The Morgan fingerprint density at radius 3 is 2.76 bits per heavy atom. The number of benzene rings is 1. The molecule has 5 nitrogen and oxygen atoms in total. The van der Waals surface area contributed by atoms with Gasteiger partial charge in [0.15, 0.2) is 5.82 Å². The summed E-state index contributed by atoms with van der Waals surface area (Å²) in [6.07, 6.45) is -0.413. The van der Waals surface area contributed by atoms with Gasteiger partial charge in [0.1, 0.15) is 4.90 Å². The number of morpholine rings is 1. The van der Waals surface area contributed by atoms with E-state index in [4.69, 9.17) is 33.7 Å². The molecule has 0 bridgehead atoms. The van der Waals surface area contributed by atoms with E-state index in [1.165, 1.54) is 16.4 Å². The SMILES string of the molecule is CC(N)C1CN(S(=O)(=O)c2ccc(Cl)c(F)c2Cl)CCO1. The number of hydrogen-bond acceptors (Lipinski definition) is 4. The minimum Gasteiger partial charge on any atom is -0.374 e. The van der Waals surface area contributed by atoms with Crippen LogP contribution in [-0.2, 0) is 14.8 Å². The van der Waals surface area contributed by atoms with Crippen LogP contribution < -0.4 is 5.73 Å². The van der Waals surface area contributed by atoms with Crippen LogP contribution in [0.5, 0.6) is 0 Å². The standard InChI is InChI=1S/C12H15Cl2FN2O3S/c1-7(16)9-6-17(4-5-20-9)21(18,19)10-3-2-8(13)12(15)11(10)14/h2-3,7,9H,4-6,16H2,1H3. The Labute approximate surface area is 132 Å². The molecule has 1 heterocycles. The lowest BCUT2D eigenvalue weighted by atomic mass is 10.2. The van der Waals surface area contributed by atoms with Crippen molar-refractivity contribution in [1.82, 2.24) is 4.31 Å². The normalized spacial score (nSPS) is 22.2. The Morgan fingerprint density at radius 2 is 2.14 bits per heavy atom. The summed E-state index contributed by atoms with van der Waals surface area (Å²) < 4.78 is 45.5. The molecule has 2 unspecified atom stereocenters. The van der Waals surface area contributed by atoms with Crippen LogP contribution >= 0.6 is 23.2 Å². The Balaban J connectivity index is 2.36. The highest BCUT2D eigenvalue weighted by Crippen LogP contribution is 2.31. The Morgan fingerprint density at radius 1 is 1.48 bits per heavy atom. The highest BCUT2D eigenvalue weighted by molar-refractivity contribution is 7.89. The number of sulfonamides is 1. The van der Waals surface area contributed by atoms with Gasteiger partial charge in [-0.05, 0) is 19.1 Å². The average Bonchev–Trinajstić information content (AvgIpc) is 2.44. The Bertz CT molecular complexity index is 640. The van der Waals surface area contributed by atoms with Crippen molar-refractivity contribution in [3.63, 3.8) is 0 Å². The van der Waals surface area contributed by atoms with E-state index in [0.29, 0.717) is 0 Å². The average molecular weight is 357 g/mol. The van der Waals surface area contributed by atoms with E-state index >= 15 is 0 Å². The van der Waals surface area contributed by atoms with Crippen molar-refractivity contribution in [2.75, 3.05) is 19.7 Å². The predicted molar refractivity (Wildman–Crippen MR) is 78.6 cm³/mol. The van der Waals surface area contributed by atoms with E-state index in [9.17, 15) is 12.8 Å². The topological polar surface area (TPSA) is 72.6 Å². The number of halogens is 3. The molecule has 0 amide bonds. The maximum Gasteiger partial charge on any atom is 0.244 e. The van der Waals surface area contributed by atoms with Gasteiger partial charge in [-0.25, -0.2) is 12.8 Å². The van der Waals surface area contributed by atoms with Gasteiger partial charge in [-0.1, -0.05) is 23.2 Å². The molecule has 2 atom stereocenters. The molecular weight excluding hydrogens is 342 g/mol. The first-order valence-corrected chi connectivity index (χ1v) is 8.45. The van der Waals surface area contributed by atoms with Crippen LogP contribution in [0.2, 0.25) is 10.0 Å². The van der Waals surface area contributed by atoms with Crippen molar-refractivity contribution < 1.29 is 17.5 Å². The maximum atomic E-state index is 13.7. The lowest BCUT2D eigenvalue weighted by Crippen LogP contribution is -2.51. The summed E-state index contributed by atoms with van der Waals surface area (Å²) in [4.78, 5) is -0.309. The van der Waals surface area contributed by atoms with E-state index in [2.05, 4.69) is 0 Å². The lowest BCUT2D eigenvalue weighted by molar-refractivity contribution is -0.0120. The van der Waals surface area contributed by atoms with Crippen molar-refractivity contribution in [3.05, 3.63) is 28.0 Å². The van der Waals surface area contributed by atoms with Gasteiger partial charge in [0.05, 0.1) is 22.8 Å². The van der Waals surface area contributed by atoms with Crippen molar-refractivity contribution in [2.24, 2.45) is 5.73 Å². The molecule has 2 rings (SSSR count). The molecule has 2 N–H and O–H groups in total. The van der Waals surface area contributed by atoms with Gasteiger partial charge in [0, 0.05) is 19.1 Å². The van der Waals surface area contributed by atoms with Gasteiger partial charge in [-0.15, -0.1) is 0 Å². The quantitative estimate of drug-likeness (QED) is 0.839. The number of ether oxygens (including phenoxy) is 1. The molecule has 0 spiro atoms. The fourth-order valence-electron chi connectivity index (χ4n) is 2.03. The van der Waals surface area contributed by atoms with Crippen LogP contribution in [0.3, 0.4) is 0 Å². The number of nitrogens with two attached hydrogens (primary N) is 1. The van der Waals surface area contributed by atoms with Crippen LogP contribution in [0.1, 0.15) is 6.92 Å². The van der Waals surface area contributed by atoms with E-state index in [1.807, 2.05) is 0 Å². The summed E-state index contributed by atoms with van der Waals surface area (Å²) in [5.41, 5.74) is 5.74. The second-order valence-corrected chi connectivity index (χ2v) is 7.50. The first kappa shape index (κ1) is 16.9. The van der Waals surface area contributed by atoms with Crippen molar-refractivity contribution in [2.45, 2.75) is 24.0 Å². The molecule has 1 aliphatic rings. The molecule has 1 saturated heterocycles. The maximum absolute atomic E-state index is 13.7. The summed E-state index contributed by atoms with van der Waals surface area (Å²) in [6.45, 7) is 2.21. The highest BCUT2D eigenvalue weighted by atomic mass is 35.5. The van der Waals surface area contributed by atoms with E-state index in [1.54, 1.807) is 6.92 Å². The van der Waals surface area contributed by atoms with E-state index in [-0.39, 0.29) is 35.7 Å². The smallest absolute Gasteiger partial charge is 0.244 e. The number of nitrogens with zero attached hydrogens (tertiary/aromatic N) is 1. The third kappa shape index (κ3) is 3.33. The molecule has 118 valence electrons. The summed E-state index contributed by atoms with van der Waals surface area (Å²) in [6, 6.07) is 2.04. The van der Waals surface area contributed by atoms with Gasteiger partial charge in [-0.2, -0.15) is 4.31 Å². The molecule has 0 aliphatic carbocycles. The molecule has 9 heteroatoms. The molecule has 0 radical (unpaired) electrons. The van der Waals surface area contributed by atoms with Gasteiger partial charge in [-0.3, -0.25) is 0 Å². The Kier molecular flexibility index (Phi) is 5.12. The van der Waals surface area contributed by atoms with Crippen LogP contribution in [0.15, 0.2) is 17.0 Å². The first-order chi connectivity index (χ1) is 9.75. The van der Waals surface area contributed by atoms with Gasteiger partial charge in [0.2, 0.25) is 10.0 Å². The van der Waals surface area contributed by atoms with Crippen LogP contribution in [-0.4, -0.2) is 44.6 Å². The minimum absolute atomic E-state index is 0.0978. The molecule has 21 heavy (non-hydrogen) atoms. The van der Waals surface area contributed by atoms with Crippen molar-refractivity contribution >= 4 is 33.2 Å². The van der Waals surface area contributed by atoms with Gasteiger partial charge >= 0.3 is 0 Å². The first-order valence-electron chi connectivity index (χ1n) is 6.26. The lowest BCUT2D eigenvalue weighted by Gasteiger charge is -2.34. The molecule has 1 aromatic rings. The van der Waals surface area contributed by atoms with Crippen molar-refractivity contribution in [1.29, 1.82) is 0 Å². The summed E-state index contributed by atoms with van der Waals surface area (Å²) in [7, 11) is -3.93. The van der Waals surface area contributed by atoms with Crippen molar-refractivity contribution in [3.8, 4) is 0 Å². The van der Waals surface area contributed by atoms with E-state index < -0.39 is 27.0 Å². The molecule has 1 fully saturated rings. The zero-order valence-corrected chi connectivity index (χ0v) is 13.6. The fraction of sp³-hybridized carbons (Fsp3) is 0.500. The fourth-order valence-corrected chi connectivity index (χ4v) is 4.19. The summed E-state index contributed by atoms with van der Waals surface area (Å²) in [5, 5.41) is -0.735. The van der Waals surface area contributed by atoms with Crippen LogP contribution in [0, 0.1) is 5.82 Å². The van der Waals surface area contributed by atoms with Gasteiger partial charge < -0.3 is 10.5 Å². The van der Waals surface area contributed by atoms with E-state index in [0.717, 1.165) is 0 Å². The highest BCUT2D eigenvalue weighted by Gasteiger charge is 2.34. The predicted octanol–water partition coefficient (Wildman–Crippen LogP) is 1.87. The van der Waals surface area contributed by atoms with Crippen LogP contribution in [0.4, 0.5) is 4.39 Å². The largest absolute Gasteiger partial charge is 0.374 e. The third-order valence-corrected chi connectivity index (χ3v) is 5.94. The summed E-state index contributed by atoms with van der Waals surface area (Å²) in [5.74, 6) is -0.948. The van der Waals surface area contributed by atoms with Crippen LogP contribution in [0.25, 0.3) is 0 Å². The zero-order chi connectivity index (χ0) is 15.8. The summed E-state index contributed by atoms with van der Waals surface area (Å²) >= 11 is 11.4. The number of hydrogen-bond donors (Lipinski definition) is 1. The molecular formula is C12H15Cl2FN2O3S. The second kappa shape index (κ2) is 6.36. The molecule has 0 aromatic heterocycles.